The zero-order chi connectivity index (χ0) is 15.2. The second kappa shape index (κ2) is 4.81. The molecule has 0 bridgehead atoms. The zero-order valence-electron chi connectivity index (χ0n) is 10.0. The highest BCUT2D eigenvalue weighted by Gasteiger charge is 2.33. The quantitative estimate of drug-likeness (QED) is 0.739. The van der Waals surface area contributed by atoms with Crippen molar-refractivity contribution in [2.24, 2.45) is 0 Å². The van der Waals surface area contributed by atoms with E-state index in [1.165, 1.54) is 6.07 Å². The third-order valence-corrected chi connectivity index (χ3v) is 4.07. The van der Waals surface area contributed by atoms with E-state index in [9.17, 15) is 18.0 Å². The van der Waals surface area contributed by atoms with Crippen LogP contribution in [0.15, 0.2) is 28.4 Å². The number of thiophene rings is 1. The molecule has 1 N–H and O–H groups in total. The first kappa shape index (κ1) is 14.0. The largest absolute Gasteiger partial charge is 0.417 e. The summed E-state index contributed by atoms with van der Waals surface area (Å²) in [6, 6.07) is 3.51. The number of benzene rings is 1. The molecule has 0 amide bonds. The van der Waals surface area contributed by atoms with E-state index in [0.29, 0.717) is 10.4 Å². The molecule has 0 aliphatic heterocycles. The van der Waals surface area contributed by atoms with Crippen molar-refractivity contribution in [1.29, 1.82) is 0 Å². The molecule has 2 aromatic heterocycles. The van der Waals surface area contributed by atoms with Gasteiger partial charge in [-0.1, -0.05) is 22.9 Å². The maximum Gasteiger partial charge on any atom is 0.417 e. The number of alkyl halides is 3. The topological polar surface area (TPSA) is 58.6 Å². The highest BCUT2D eigenvalue weighted by atomic mass is 35.5. The molecular weight excluding hydrogens is 327 g/mol. The first-order valence-corrected chi connectivity index (χ1v) is 6.83. The summed E-state index contributed by atoms with van der Waals surface area (Å²) in [5.41, 5.74) is -0.830. The van der Waals surface area contributed by atoms with E-state index in [-0.39, 0.29) is 16.0 Å². The number of nitrogens with one attached hydrogen (secondary N) is 1. The van der Waals surface area contributed by atoms with Crippen LogP contribution in [0.25, 0.3) is 21.3 Å². The molecule has 0 radical (unpaired) electrons. The number of hydrogen-bond donors (Lipinski definition) is 1. The van der Waals surface area contributed by atoms with Crippen molar-refractivity contribution in [2.45, 2.75) is 6.18 Å². The Balaban J connectivity index is 2.27. The highest BCUT2D eigenvalue weighted by molar-refractivity contribution is 7.17. The molecule has 0 aliphatic carbocycles. The predicted molar refractivity (Wildman–Crippen MR) is 73.5 cm³/mol. The monoisotopic (exact) mass is 331 g/mol. The maximum atomic E-state index is 12.9. The van der Waals surface area contributed by atoms with E-state index in [1.54, 1.807) is 5.38 Å². The summed E-state index contributed by atoms with van der Waals surface area (Å²) in [7, 11) is 0. The molecule has 3 aromatic rings. The van der Waals surface area contributed by atoms with Crippen molar-refractivity contribution >= 4 is 33.2 Å². The normalized spacial score (nSPS) is 12.0. The van der Waals surface area contributed by atoms with E-state index in [4.69, 9.17) is 11.6 Å². The third kappa shape index (κ3) is 2.40. The molecule has 0 saturated heterocycles. The molecule has 0 atom stereocenters. The van der Waals surface area contributed by atoms with Gasteiger partial charge >= 0.3 is 6.18 Å². The van der Waals surface area contributed by atoms with Gasteiger partial charge in [-0.15, -0.1) is 16.4 Å². The van der Waals surface area contributed by atoms with Gasteiger partial charge < -0.3 is 0 Å². The molecule has 21 heavy (non-hydrogen) atoms. The average molecular weight is 332 g/mol. The standard InChI is InChI=1S/C12H5ClF3N3OS/c13-8-2-1-5(3-7(8)12(14,15)16)6-4-21-11-9(6)10(20)17-19-18-11/h1-4H,(H,17,18,20). The van der Waals surface area contributed by atoms with Gasteiger partial charge in [0.05, 0.1) is 16.0 Å². The molecule has 3 rings (SSSR count). The minimum Gasteiger partial charge on any atom is -0.267 e. The Hall–Kier alpha value is -1.93. The van der Waals surface area contributed by atoms with Crippen LogP contribution in [0, 0.1) is 0 Å². The Morgan fingerprint density at radius 1 is 1.29 bits per heavy atom. The fourth-order valence-electron chi connectivity index (χ4n) is 1.93. The van der Waals surface area contributed by atoms with Crippen LogP contribution in [0.1, 0.15) is 5.56 Å². The van der Waals surface area contributed by atoms with Gasteiger partial charge in [0.15, 0.2) is 4.83 Å². The number of aromatic amines is 1. The molecule has 0 aliphatic rings. The Kier molecular flexibility index (Phi) is 3.22. The van der Waals surface area contributed by atoms with E-state index in [0.717, 1.165) is 23.5 Å². The summed E-state index contributed by atoms with van der Waals surface area (Å²) < 4.78 is 38.7. The lowest BCUT2D eigenvalue weighted by Gasteiger charge is -2.10. The molecular formula is C12H5ClF3N3OS. The first-order valence-electron chi connectivity index (χ1n) is 5.57. The first-order chi connectivity index (χ1) is 9.88. The van der Waals surface area contributed by atoms with Gasteiger partial charge in [0.2, 0.25) is 0 Å². The molecule has 0 fully saturated rings. The van der Waals surface area contributed by atoms with Crippen LogP contribution in [-0.4, -0.2) is 15.4 Å². The summed E-state index contributed by atoms with van der Waals surface area (Å²) in [6.07, 6.45) is -4.56. The zero-order valence-corrected chi connectivity index (χ0v) is 11.6. The van der Waals surface area contributed by atoms with Crippen molar-refractivity contribution in [3.05, 3.63) is 44.5 Å². The Morgan fingerprint density at radius 2 is 2.05 bits per heavy atom. The van der Waals surface area contributed by atoms with Gasteiger partial charge in [0.25, 0.3) is 5.56 Å². The fraction of sp³-hybridized carbons (Fsp3) is 0.0833. The van der Waals surface area contributed by atoms with Gasteiger partial charge in [-0.25, -0.2) is 5.10 Å². The highest BCUT2D eigenvalue weighted by Crippen LogP contribution is 2.38. The Morgan fingerprint density at radius 3 is 2.76 bits per heavy atom. The van der Waals surface area contributed by atoms with Crippen LogP contribution in [0.2, 0.25) is 5.02 Å². The minimum absolute atomic E-state index is 0.213. The average Bonchev–Trinajstić information content (AvgIpc) is 2.83. The summed E-state index contributed by atoms with van der Waals surface area (Å²) >= 11 is 6.72. The molecule has 9 heteroatoms. The van der Waals surface area contributed by atoms with Crippen molar-refractivity contribution < 1.29 is 13.2 Å². The number of fused-ring (bicyclic) bond motifs is 1. The Bertz CT molecular complexity index is 887. The fourth-order valence-corrected chi connectivity index (χ4v) is 3.05. The molecule has 2 heterocycles. The van der Waals surface area contributed by atoms with Crippen LogP contribution in [0.4, 0.5) is 13.2 Å². The van der Waals surface area contributed by atoms with E-state index >= 15 is 0 Å². The molecule has 0 saturated carbocycles. The molecule has 0 spiro atoms. The summed E-state index contributed by atoms with van der Waals surface area (Å²) in [4.78, 5) is 12.1. The smallest absolute Gasteiger partial charge is 0.267 e. The van der Waals surface area contributed by atoms with Crippen LogP contribution < -0.4 is 5.56 Å². The number of halogens is 4. The van der Waals surface area contributed by atoms with Crippen LogP contribution in [-0.2, 0) is 6.18 Å². The minimum atomic E-state index is -4.56. The molecule has 1 aromatic carbocycles. The van der Waals surface area contributed by atoms with E-state index in [2.05, 4.69) is 15.4 Å². The molecule has 0 unspecified atom stereocenters. The van der Waals surface area contributed by atoms with Crippen molar-refractivity contribution in [3.63, 3.8) is 0 Å². The third-order valence-electron chi connectivity index (χ3n) is 2.87. The van der Waals surface area contributed by atoms with Crippen molar-refractivity contribution in [1.82, 2.24) is 15.4 Å². The second-order valence-electron chi connectivity index (χ2n) is 4.16. The van der Waals surface area contributed by atoms with Crippen LogP contribution in [0.5, 0.6) is 0 Å². The summed E-state index contributed by atoms with van der Waals surface area (Å²) in [5.74, 6) is 0. The van der Waals surface area contributed by atoms with Crippen molar-refractivity contribution in [2.75, 3.05) is 0 Å². The van der Waals surface area contributed by atoms with E-state index < -0.39 is 17.3 Å². The summed E-state index contributed by atoms with van der Waals surface area (Å²) in [5, 5.41) is 10.7. The van der Waals surface area contributed by atoms with Gasteiger partial charge in [0.1, 0.15) is 0 Å². The number of rotatable bonds is 1. The number of nitrogens with zero attached hydrogens (tertiary/aromatic N) is 2. The number of hydrogen-bond acceptors (Lipinski definition) is 4. The lowest BCUT2D eigenvalue weighted by atomic mass is 10.0. The maximum absolute atomic E-state index is 12.9. The molecule has 108 valence electrons. The van der Waals surface area contributed by atoms with Crippen molar-refractivity contribution in [3.8, 4) is 11.1 Å². The van der Waals surface area contributed by atoms with Gasteiger partial charge in [-0.05, 0) is 17.7 Å². The van der Waals surface area contributed by atoms with E-state index in [1.807, 2.05) is 0 Å². The SMILES string of the molecule is O=c1[nH]nnc2scc(-c3ccc(Cl)c(C(F)(F)F)c3)c12. The second-order valence-corrected chi connectivity index (χ2v) is 5.43. The lowest BCUT2D eigenvalue weighted by Crippen LogP contribution is -2.09. The Labute approximate surface area is 124 Å². The lowest BCUT2D eigenvalue weighted by molar-refractivity contribution is -0.137. The number of H-pyrrole nitrogens is 1. The van der Waals surface area contributed by atoms with Gasteiger partial charge in [-0.3, -0.25) is 4.79 Å². The molecule has 4 nitrogen and oxygen atoms in total. The van der Waals surface area contributed by atoms with Crippen LogP contribution in [0.3, 0.4) is 0 Å². The van der Waals surface area contributed by atoms with Crippen LogP contribution >= 0.6 is 22.9 Å². The number of aromatic nitrogens is 3. The predicted octanol–water partition coefficient (Wildman–Crippen LogP) is 3.72. The summed E-state index contributed by atoms with van der Waals surface area (Å²) in [6.45, 7) is 0. The van der Waals surface area contributed by atoms with Gasteiger partial charge in [0, 0.05) is 10.9 Å². The van der Waals surface area contributed by atoms with Gasteiger partial charge in [-0.2, -0.15) is 13.2 Å².